The molecule has 138 valence electrons. The molecular formula is C18H19N7O2. The van der Waals surface area contributed by atoms with Gasteiger partial charge in [-0.3, -0.25) is 4.79 Å². The monoisotopic (exact) mass is 365 g/mol. The van der Waals surface area contributed by atoms with E-state index in [-0.39, 0.29) is 11.9 Å². The molecule has 3 heterocycles. The molecule has 1 fully saturated rings. The third-order valence-electron chi connectivity index (χ3n) is 4.16. The molecule has 27 heavy (non-hydrogen) atoms. The number of morpholine rings is 1. The lowest BCUT2D eigenvalue weighted by Gasteiger charge is -2.27. The van der Waals surface area contributed by atoms with Gasteiger partial charge in [0.1, 0.15) is 0 Å². The molecule has 4 rings (SSSR count). The van der Waals surface area contributed by atoms with E-state index in [1.165, 1.54) is 4.68 Å². The summed E-state index contributed by atoms with van der Waals surface area (Å²) in [5.41, 5.74) is 7.24. The summed E-state index contributed by atoms with van der Waals surface area (Å²) in [6.07, 6.45) is 1.66. The molecule has 1 saturated heterocycles. The van der Waals surface area contributed by atoms with Gasteiger partial charge in [0.05, 0.1) is 13.2 Å². The van der Waals surface area contributed by atoms with Crippen LogP contribution in [0.1, 0.15) is 10.4 Å². The highest BCUT2D eigenvalue weighted by Crippen LogP contribution is 2.19. The predicted octanol–water partition coefficient (Wildman–Crippen LogP) is 1.46. The van der Waals surface area contributed by atoms with Gasteiger partial charge in [-0.05, 0) is 30.3 Å². The van der Waals surface area contributed by atoms with Crippen molar-refractivity contribution in [3.05, 3.63) is 54.2 Å². The molecule has 0 radical (unpaired) electrons. The maximum atomic E-state index is 12.6. The molecule has 0 atom stereocenters. The van der Waals surface area contributed by atoms with Gasteiger partial charge in [0, 0.05) is 30.5 Å². The Labute approximate surface area is 155 Å². The van der Waals surface area contributed by atoms with Crippen LogP contribution < -0.4 is 11.1 Å². The number of ether oxygens (including phenoxy) is 1. The van der Waals surface area contributed by atoms with E-state index in [2.05, 4.69) is 20.4 Å². The molecule has 3 N–H and O–H groups in total. The Morgan fingerprint density at radius 1 is 1.15 bits per heavy atom. The standard InChI is InChI=1S/C18H19N7O2/c19-17-22-18(23-25(17)15-6-1-2-7-20-15)21-14-5-3-4-13(12-14)16(26)24-8-10-27-11-9-24/h1-7,12H,8-11H2,(H3,19,21,22,23). The van der Waals surface area contributed by atoms with Gasteiger partial charge in [0.2, 0.25) is 11.9 Å². The van der Waals surface area contributed by atoms with Crippen LogP contribution in [0.3, 0.4) is 0 Å². The zero-order valence-corrected chi connectivity index (χ0v) is 14.6. The largest absolute Gasteiger partial charge is 0.378 e. The van der Waals surface area contributed by atoms with Crippen molar-refractivity contribution in [3.8, 4) is 5.82 Å². The second-order valence-corrected chi connectivity index (χ2v) is 6.00. The number of anilines is 3. The number of carbonyl (C=O) groups is 1. The Morgan fingerprint density at radius 2 is 2.00 bits per heavy atom. The van der Waals surface area contributed by atoms with Gasteiger partial charge in [0.15, 0.2) is 5.82 Å². The van der Waals surface area contributed by atoms with Crippen molar-refractivity contribution in [3.63, 3.8) is 0 Å². The van der Waals surface area contributed by atoms with Crippen LogP contribution in [0.5, 0.6) is 0 Å². The number of hydrogen-bond acceptors (Lipinski definition) is 7. The number of carbonyl (C=O) groups excluding carboxylic acids is 1. The summed E-state index contributed by atoms with van der Waals surface area (Å²) in [5.74, 6) is 1.10. The van der Waals surface area contributed by atoms with Crippen LogP contribution in [-0.4, -0.2) is 56.9 Å². The molecule has 1 aliphatic rings. The predicted molar refractivity (Wildman–Crippen MR) is 100 cm³/mol. The van der Waals surface area contributed by atoms with Gasteiger partial charge >= 0.3 is 0 Å². The number of nitrogen functional groups attached to an aromatic ring is 1. The fourth-order valence-electron chi connectivity index (χ4n) is 2.83. The zero-order valence-electron chi connectivity index (χ0n) is 14.6. The lowest BCUT2D eigenvalue weighted by Crippen LogP contribution is -2.40. The molecule has 3 aromatic rings. The summed E-state index contributed by atoms with van der Waals surface area (Å²) < 4.78 is 6.75. The van der Waals surface area contributed by atoms with E-state index >= 15 is 0 Å². The molecule has 1 aliphatic heterocycles. The molecular weight excluding hydrogens is 346 g/mol. The van der Waals surface area contributed by atoms with E-state index in [1.807, 2.05) is 24.3 Å². The molecule has 0 bridgehead atoms. The van der Waals surface area contributed by atoms with Crippen LogP contribution in [0.4, 0.5) is 17.6 Å². The highest BCUT2D eigenvalue weighted by atomic mass is 16.5. The van der Waals surface area contributed by atoms with Crippen LogP contribution in [0.2, 0.25) is 0 Å². The number of nitrogens with one attached hydrogen (secondary N) is 1. The Kier molecular flexibility index (Phi) is 4.67. The average Bonchev–Trinajstić information content (AvgIpc) is 3.09. The van der Waals surface area contributed by atoms with E-state index in [0.29, 0.717) is 49.3 Å². The summed E-state index contributed by atoms with van der Waals surface area (Å²) in [4.78, 5) is 22.8. The Morgan fingerprint density at radius 3 is 2.78 bits per heavy atom. The summed E-state index contributed by atoms with van der Waals surface area (Å²) >= 11 is 0. The number of pyridine rings is 1. The maximum Gasteiger partial charge on any atom is 0.254 e. The zero-order chi connectivity index (χ0) is 18.6. The first-order valence-corrected chi connectivity index (χ1v) is 8.59. The molecule has 9 nitrogen and oxygen atoms in total. The van der Waals surface area contributed by atoms with E-state index in [9.17, 15) is 4.79 Å². The van der Waals surface area contributed by atoms with Crippen molar-refractivity contribution < 1.29 is 9.53 Å². The fourth-order valence-corrected chi connectivity index (χ4v) is 2.83. The van der Waals surface area contributed by atoms with Crippen LogP contribution in [0, 0.1) is 0 Å². The van der Waals surface area contributed by atoms with Gasteiger partial charge in [-0.1, -0.05) is 12.1 Å². The van der Waals surface area contributed by atoms with Crippen LogP contribution >= 0.6 is 0 Å². The summed E-state index contributed by atoms with van der Waals surface area (Å²) in [6.45, 7) is 2.34. The fraction of sp³-hybridized carbons (Fsp3) is 0.222. The summed E-state index contributed by atoms with van der Waals surface area (Å²) in [5, 5.41) is 7.42. The number of hydrogen-bond donors (Lipinski definition) is 2. The Bertz CT molecular complexity index is 936. The van der Waals surface area contributed by atoms with Crippen molar-refractivity contribution in [2.75, 3.05) is 37.4 Å². The number of nitrogens with two attached hydrogens (primary N) is 1. The van der Waals surface area contributed by atoms with E-state index in [4.69, 9.17) is 10.5 Å². The first kappa shape index (κ1) is 17.0. The molecule has 0 spiro atoms. The van der Waals surface area contributed by atoms with Crippen molar-refractivity contribution >= 4 is 23.5 Å². The second-order valence-electron chi connectivity index (χ2n) is 6.00. The Hall–Kier alpha value is -3.46. The highest BCUT2D eigenvalue weighted by molar-refractivity contribution is 5.95. The topological polar surface area (TPSA) is 111 Å². The molecule has 0 unspecified atom stereocenters. The third-order valence-corrected chi connectivity index (χ3v) is 4.16. The van der Waals surface area contributed by atoms with Crippen molar-refractivity contribution in [1.82, 2.24) is 24.6 Å². The van der Waals surface area contributed by atoms with Gasteiger partial charge in [-0.2, -0.15) is 9.67 Å². The molecule has 1 amide bonds. The van der Waals surface area contributed by atoms with Crippen LogP contribution in [0.15, 0.2) is 48.7 Å². The molecule has 0 saturated carbocycles. The first-order chi connectivity index (χ1) is 13.2. The maximum absolute atomic E-state index is 12.6. The van der Waals surface area contributed by atoms with E-state index in [0.717, 1.165) is 0 Å². The number of amides is 1. The molecule has 2 aromatic heterocycles. The first-order valence-electron chi connectivity index (χ1n) is 8.59. The van der Waals surface area contributed by atoms with E-state index in [1.54, 1.807) is 29.3 Å². The third kappa shape index (κ3) is 3.72. The molecule has 1 aromatic carbocycles. The summed E-state index contributed by atoms with van der Waals surface area (Å²) in [7, 11) is 0. The van der Waals surface area contributed by atoms with Gasteiger partial charge < -0.3 is 20.7 Å². The number of nitrogens with zero attached hydrogens (tertiary/aromatic N) is 5. The molecule has 0 aliphatic carbocycles. The average molecular weight is 365 g/mol. The van der Waals surface area contributed by atoms with Gasteiger partial charge in [-0.25, -0.2) is 4.98 Å². The lowest BCUT2D eigenvalue weighted by atomic mass is 10.1. The summed E-state index contributed by atoms with van der Waals surface area (Å²) in [6, 6.07) is 12.7. The second kappa shape index (κ2) is 7.42. The molecule has 9 heteroatoms. The lowest BCUT2D eigenvalue weighted by molar-refractivity contribution is 0.0303. The quantitative estimate of drug-likeness (QED) is 0.720. The van der Waals surface area contributed by atoms with Crippen LogP contribution in [-0.2, 0) is 4.74 Å². The SMILES string of the molecule is Nc1nc(Nc2cccc(C(=O)N3CCOCC3)c2)nn1-c1ccccn1. The van der Waals surface area contributed by atoms with Gasteiger partial charge in [0.25, 0.3) is 5.91 Å². The normalized spacial score (nSPS) is 14.1. The van der Waals surface area contributed by atoms with E-state index < -0.39 is 0 Å². The number of aromatic nitrogens is 4. The Balaban J connectivity index is 1.53. The number of rotatable bonds is 4. The van der Waals surface area contributed by atoms with Crippen molar-refractivity contribution in [2.24, 2.45) is 0 Å². The smallest absolute Gasteiger partial charge is 0.254 e. The van der Waals surface area contributed by atoms with Crippen molar-refractivity contribution in [1.29, 1.82) is 0 Å². The highest BCUT2D eigenvalue weighted by Gasteiger charge is 2.19. The minimum absolute atomic E-state index is 0.0200. The van der Waals surface area contributed by atoms with Crippen LogP contribution in [0.25, 0.3) is 5.82 Å². The van der Waals surface area contributed by atoms with Crippen molar-refractivity contribution in [2.45, 2.75) is 0 Å². The van der Waals surface area contributed by atoms with Gasteiger partial charge in [-0.15, -0.1) is 5.10 Å². The minimum atomic E-state index is -0.0200. The number of benzene rings is 1. The minimum Gasteiger partial charge on any atom is -0.378 e.